The number of aromatic amines is 1. The highest BCUT2D eigenvalue weighted by Gasteiger charge is 2.12. The summed E-state index contributed by atoms with van der Waals surface area (Å²) in [4.78, 5) is 12.5. The van der Waals surface area contributed by atoms with Crippen LogP contribution in [-0.4, -0.2) is 34.6 Å². The highest BCUT2D eigenvalue weighted by atomic mass is 79.9. The normalized spacial score (nSPS) is 13.7. The van der Waals surface area contributed by atoms with E-state index in [1.807, 2.05) is 0 Å². The fourth-order valence-corrected chi connectivity index (χ4v) is 4.54. The molecule has 0 spiro atoms. The molecule has 7 heteroatoms. The lowest BCUT2D eigenvalue weighted by atomic mass is 9.99. The molecule has 0 aliphatic carbocycles. The number of hydrogen-bond acceptors (Lipinski definition) is 5. The molecule has 2 aromatic heterocycles. The molecule has 1 aliphatic heterocycles. The van der Waals surface area contributed by atoms with Gasteiger partial charge in [0.1, 0.15) is 5.82 Å². The maximum Gasteiger partial charge on any atom is 0.229 e. The Labute approximate surface area is 202 Å². The molecule has 0 unspecified atom stereocenters. The van der Waals surface area contributed by atoms with Crippen LogP contribution in [0.3, 0.4) is 0 Å². The van der Waals surface area contributed by atoms with Gasteiger partial charge in [-0.05, 0) is 71.6 Å². The third kappa shape index (κ3) is 5.10. The lowest BCUT2D eigenvalue weighted by molar-refractivity contribution is 0.739. The minimum absolute atomic E-state index is 0.564. The molecule has 0 saturated carbocycles. The number of rotatable bonds is 7. The minimum atomic E-state index is 0.564. The van der Waals surface area contributed by atoms with E-state index in [0.29, 0.717) is 5.95 Å². The van der Waals surface area contributed by atoms with E-state index < -0.39 is 0 Å². The molecular weight excluding hydrogens is 476 g/mol. The lowest BCUT2D eigenvalue weighted by Gasteiger charge is -2.14. The van der Waals surface area contributed by atoms with E-state index in [2.05, 4.69) is 108 Å². The Hall–Kier alpha value is -3.16. The summed E-state index contributed by atoms with van der Waals surface area (Å²) in [5.74, 6) is 1.34. The Morgan fingerprint density at radius 2 is 2.09 bits per heavy atom. The van der Waals surface area contributed by atoms with Crippen molar-refractivity contribution in [3.05, 3.63) is 82.1 Å². The van der Waals surface area contributed by atoms with E-state index >= 15 is 0 Å². The SMILES string of the molecule is Cc1cccc(CCNc2nc(Nc3ccc4[nH]cc(C5=CCNCC5)c4c3)ncc2Br)c1. The van der Waals surface area contributed by atoms with Crippen molar-refractivity contribution in [1.29, 1.82) is 0 Å². The van der Waals surface area contributed by atoms with Crippen molar-refractivity contribution in [3.8, 4) is 0 Å². The molecule has 6 nitrogen and oxygen atoms in total. The van der Waals surface area contributed by atoms with Crippen LogP contribution >= 0.6 is 15.9 Å². The van der Waals surface area contributed by atoms with Gasteiger partial charge < -0.3 is 20.9 Å². The smallest absolute Gasteiger partial charge is 0.229 e. The van der Waals surface area contributed by atoms with Crippen LogP contribution in [0.2, 0.25) is 0 Å². The second-order valence-corrected chi connectivity index (χ2v) is 9.18. The molecule has 3 heterocycles. The molecule has 0 bridgehead atoms. The first-order valence-electron chi connectivity index (χ1n) is 11.3. The van der Waals surface area contributed by atoms with Crippen LogP contribution in [0.5, 0.6) is 0 Å². The zero-order valence-electron chi connectivity index (χ0n) is 18.6. The number of H-pyrrole nitrogens is 1. The number of aromatic nitrogens is 3. The van der Waals surface area contributed by atoms with E-state index in [1.54, 1.807) is 6.20 Å². The number of nitrogens with zero attached hydrogens (tertiary/aromatic N) is 2. The second-order valence-electron chi connectivity index (χ2n) is 8.33. The molecule has 2 aromatic carbocycles. The van der Waals surface area contributed by atoms with Gasteiger partial charge in [0, 0.05) is 47.6 Å². The Balaban J connectivity index is 1.31. The Morgan fingerprint density at radius 1 is 1.15 bits per heavy atom. The number of aryl methyl sites for hydroxylation is 1. The molecule has 1 aliphatic rings. The van der Waals surface area contributed by atoms with Crippen LogP contribution in [0.15, 0.2) is 65.4 Å². The number of hydrogen-bond donors (Lipinski definition) is 4. The molecule has 33 heavy (non-hydrogen) atoms. The summed E-state index contributed by atoms with van der Waals surface area (Å²) in [6.45, 7) is 4.85. The van der Waals surface area contributed by atoms with Crippen molar-refractivity contribution in [3.63, 3.8) is 0 Å². The molecule has 5 rings (SSSR count). The van der Waals surface area contributed by atoms with Gasteiger partial charge >= 0.3 is 0 Å². The molecule has 0 fully saturated rings. The zero-order chi connectivity index (χ0) is 22.6. The number of halogens is 1. The number of nitrogens with one attached hydrogen (secondary N) is 4. The van der Waals surface area contributed by atoms with E-state index in [-0.39, 0.29) is 0 Å². The largest absolute Gasteiger partial charge is 0.369 e. The first-order chi connectivity index (χ1) is 16.2. The third-order valence-corrected chi connectivity index (χ3v) is 6.46. The topological polar surface area (TPSA) is 77.7 Å². The quantitative estimate of drug-likeness (QED) is 0.256. The number of benzene rings is 2. The van der Waals surface area contributed by atoms with E-state index in [0.717, 1.165) is 54.0 Å². The number of fused-ring (bicyclic) bond motifs is 1. The summed E-state index contributed by atoms with van der Waals surface area (Å²) < 4.78 is 0.846. The van der Waals surface area contributed by atoms with Crippen LogP contribution < -0.4 is 16.0 Å². The van der Waals surface area contributed by atoms with Crippen molar-refractivity contribution < 1.29 is 0 Å². The van der Waals surface area contributed by atoms with Gasteiger partial charge in [-0.15, -0.1) is 0 Å². The molecular formula is C26H27BrN6. The summed E-state index contributed by atoms with van der Waals surface area (Å²) in [7, 11) is 0. The van der Waals surface area contributed by atoms with Gasteiger partial charge in [0.05, 0.1) is 4.47 Å². The molecule has 0 radical (unpaired) electrons. The highest BCUT2D eigenvalue weighted by Crippen LogP contribution is 2.31. The van der Waals surface area contributed by atoms with Crippen LogP contribution in [0.25, 0.3) is 16.5 Å². The second kappa shape index (κ2) is 9.77. The number of anilines is 3. The van der Waals surface area contributed by atoms with Crippen LogP contribution in [0.4, 0.5) is 17.5 Å². The van der Waals surface area contributed by atoms with Gasteiger partial charge in [-0.25, -0.2) is 4.98 Å². The van der Waals surface area contributed by atoms with Crippen LogP contribution in [0.1, 0.15) is 23.1 Å². The third-order valence-electron chi connectivity index (χ3n) is 5.88. The summed E-state index contributed by atoms with van der Waals surface area (Å²) >= 11 is 3.56. The van der Waals surface area contributed by atoms with Gasteiger partial charge in [0.15, 0.2) is 0 Å². The molecule has 0 atom stereocenters. The standard InChI is InChI=1S/C26H27BrN6/c1-17-3-2-4-18(13-17)7-12-29-25-23(27)16-31-26(33-25)32-20-5-6-24-21(14-20)22(15-30-24)19-8-10-28-11-9-19/h2-6,8,13-16,28,30H,7,9-12H2,1H3,(H2,29,31,32,33). The first-order valence-corrected chi connectivity index (χ1v) is 12.1. The molecule has 0 amide bonds. The average molecular weight is 503 g/mol. The fraction of sp³-hybridized carbons (Fsp3) is 0.231. The van der Waals surface area contributed by atoms with Crippen molar-refractivity contribution in [2.75, 3.05) is 30.3 Å². The molecule has 0 saturated heterocycles. The maximum atomic E-state index is 4.69. The predicted octanol–water partition coefficient (Wildman–Crippen LogP) is 5.80. The molecule has 4 aromatic rings. The highest BCUT2D eigenvalue weighted by molar-refractivity contribution is 9.10. The monoisotopic (exact) mass is 502 g/mol. The zero-order valence-corrected chi connectivity index (χ0v) is 20.2. The van der Waals surface area contributed by atoms with Crippen molar-refractivity contribution in [2.45, 2.75) is 19.8 Å². The summed E-state index contributed by atoms with van der Waals surface area (Å²) in [5.41, 5.74) is 7.34. The van der Waals surface area contributed by atoms with E-state index in [9.17, 15) is 0 Å². The van der Waals surface area contributed by atoms with Gasteiger partial charge in [-0.2, -0.15) is 4.98 Å². The lowest BCUT2D eigenvalue weighted by Crippen LogP contribution is -2.19. The van der Waals surface area contributed by atoms with Crippen molar-refractivity contribution in [1.82, 2.24) is 20.3 Å². The molecule has 4 N–H and O–H groups in total. The summed E-state index contributed by atoms with van der Waals surface area (Å²) in [6.07, 6.45) is 8.14. The minimum Gasteiger partial charge on any atom is -0.369 e. The van der Waals surface area contributed by atoms with Gasteiger partial charge in [0.25, 0.3) is 0 Å². The van der Waals surface area contributed by atoms with Gasteiger partial charge in [-0.1, -0.05) is 35.9 Å². The van der Waals surface area contributed by atoms with Crippen molar-refractivity contribution in [2.24, 2.45) is 0 Å². The Morgan fingerprint density at radius 3 is 2.94 bits per heavy atom. The predicted molar refractivity (Wildman–Crippen MR) is 140 cm³/mol. The van der Waals surface area contributed by atoms with E-state index in [1.165, 1.54) is 27.6 Å². The van der Waals surface area contributed by atoms with Crippen LogP contribution in [-0.2, 0) is 6.42 Å². The maximum absolute atomic E-state index is 4.69. The average Bonchev–Trinajstić information content (AvgIpc) is 3.25. The van der Waals surface area contributed by atoms with Gasteiger partial charge in [0.2, 0.25) is 5.95 Å². The van der Waals surface area contributed by atoms with E-state index in [4.69, 9.17) is 0 Å². The molecule has 168 valence electrons. The van der Waals surface area contributed by atoms with Crippen molar-refractivity contribution >= 4 is 49.9 Å². The first kappa shape index (κ1) is 21.7. The summed E-state index contributed by atoms with van der Waals surface area (Å²) in [5, 5.41) is 11.4. The Kier molecular flexibility index (Phi) is 6.41. The van der Waals surface area contributed by atoms with Gasteiger partial charge in [-0.3, -0.25) is 0 Å². The fourth-order valence-electron chi connectivity index (χ4n) is 4.20. The summed E-state index contributed by atoms with van der Waals surface area (Å²) in [6, 6.07) is 14.9. The Bertz CT molecular complexity index is 1310. The van der Waals surface area contributed by atoms with Crippen LogP contribution in [0, 0.1) is 6.92 Å².